The van der Waals surface area contributed by atoms with Gasteiger partial charge in [0.25, 0.3) is 5.56 Å². The monoisotopic (exact) mass is 430 g/mol. The van der Waals surface area contributed by atoms with Crippen molar-refractivity contribution in [1.29, 1.82) is 0 Å². The Morgan fingerprint density at radius 2 is 1.90 bits per heavy atom. The van der Waals surface area contributed by atoms with Gasteiger partial charge in [0.2, 0.25) is 5.91 Å². The fourth-order valence-electron chi connectivity index (χ4n) is 2.95. The molecule has 1 atom stereocenters. The van der Waals surface area contributed by atoms with Gasteiger partial charge in [0, 0.05) is 17.6 Å². The van der Waals surface area contributed by atoms with Gasteiger partial charge in [-0.25, -0.2) is 13.6 Å². The molecule has 0 unspecified atom stereocenters. The second-order valence-corrected chi connectivity index (χ2v) is 6.65. The number of pyridine rings is 1. The fraction of sp³-hybridized carbons (Fsp3) is 0.227. The van der Waals surface area contributed by atoms with Crippen LogP contribution >= 0.6 is 0 Å². The molecule has 1 N–H and O–H groups in total. The first-order chi connectivity index (χ1) is 14.8. The van der Waals surface area contributed by atoms with Crippen molar-refractivity contribution in [2.75, 3.05) is 11.9 Å². The summed E-state index contributed by atoms with van der Waals surface area (Å²) >= 11 is 0. The molecule has 0 saturated heterocycles. The molecule has 0 saturated carbocycles. The SMILES string of the molecule is CCOC(=O)[C@H](C)Oc1cccc2c(=O)n(CC(=O)Nc3ccc(F)cc3F)ccc12. The molecular formula is C22H20F2N2O5. The highest BCUT2D eigenvalue weighted by Gasteiger charge is 2.18. The number of ether oxygens (including phenoxy) is 2. The predicted molar refractivity (Wildman–Crippen MR) is 110 cm³/mol. The van der Waals surface area contributed by atoms with Crippen LogP contribution in [0.15, 0.2) is 53.5 Å². The summed E-state index contributed by atoms with van der Waals surface area (Å²) in [5.41, 5.74) is -0.662. The first kappa shape index (κ1) is 21.9. The Labute approximate surface area is 176 Å². The number of hydrogen-bond acceptors (Lipinski definition) is 5. The first-order valence-corrected chi connectivity index (χ1v) is 9.50. The van der Waals surface area contributed by atoms with Crippen LogP contribution in [0.3, 0.4) is 0 Å². The molecule has 9 heteroatoms. The molecule has 3 rings (SSSR count). The van der Waals surface area contributed by atoms with Crippen molar-refractivity contribution in [2.45, 2.75) is 26.5 Å². The fourth-order valence-corrected chi connectivity index (χ4v) is 2.95. The van der Waals surface area contributed by atoms with Crippen molar-refractivity contribution >= 4 is 28.3 Å². The van der Waals surface area contributed by atoms with E-state index in [1.165, 1.54) is 13.1 Å². The number of fused-ring (bicyclic) bond motifs is 1. The molecular weight excluding hydrogens is 410 g/mol. The third-order valence-corrected chi connectivity index (χ3v) is 4.42. The van der Waals surface area contributed by atoms with Crippen molar-refractivity contribution in [3.63, 3.8) is 0 Å². The number of nitrogens with one attached hydrogen (secondary N) is 1. The minimum Gasteiger partial charge on any atom is -0.478 e. The molecule has 3 aromatic rings. The van der Waals surface area contributed by atoms with Crippen LogP contribution in [0.1, 0.15) is 13.8 Å². The number of hydrogen-bond donors (Lipinski definition) is 1. The Balaban J connectivity index is 1.82. The van der Waals surface area contributed by atoms with Gasteiger partial charge in [-0.2, -0.15) is 0 Å². The highest BCUT2D eigenvalue weighted by molar-refractivity contribution is 5.91. The second kappa shape index (κ2) is 9.38. The number of carbonyl (C=O) groups excluding carboxylic acids is 2. The number of benzene rings is 2. The molecule has 162 valence electrons. The van der Waals surface area contributed by atoms with Gasteiger partial charge in [0.1, 0.15) is 23.9 Å². The molecule has 1 heterocycles. The maximum atomic E-state index is 13.7. The van der Waals surface area contributed by atoms with E-state index in [0.29, 0.717) is 17.2 Å². The lowest BCUT2D eigenvalue weighted by Crippen LogP contribution is -2.28. The van der Waals surface area contributed by atoms with Crippen molar-refractivity contribution in [1.82, 2.24) is 4.57 Å². The van der Waals surface area contributed by atoms with E-state index in [1.807, 2.05) is 0 Å². The largest absolute Gasteiger partial charge is 0.478 e. The third-order valence-electron chi connectivity index (χ3n) is 4.42. The van der Waals surface area contributed by atoms with E-state index < -0.39 is 35.2 Å². The molecule has 1 aromatic heterocycles. The van der Waals surface area contributed by atoms with Gasteiger partial charge >= 0.3 is 5.97 Å². The van der Waals surface area contributed by atoms with E-state index >= 15 is 0 Å². The highest BCUT2D eigenvalue weighted by Crippen LogP contribution is 2.24. The molecule has 0 spiro atoms. The summed E-state index contributed by atoms with van der Waals surface area (Å²) in [4.78, 5) is 36.9. The average molecular weight is 430 g/mol. The molecule has 7 nitrogen and oxygen atoms in total. The first-order valence-electron chi connectivity index (χ1n) is 9.50. The number of amides is 1. The number of anilines is 1. The van der Waals surface area contributed by atoms with Crippen LogP contribution in [0, 0.1) is 11.6 Å². The molecule has 1 amide bonds. The number of aromatic nitrogens is 1. The lowest BCUT2D eigenvalue weighted by molar-refractivity contribution is -0.150. The van der Waals surface area contributed by atoms with Crippen LogP contribution < -0.4 is 15.6 Å². The number of nitrogens with zero attached hydrogens (tertiary/aromatic N) is 1. The van der Waals surface area contributed by atoms with Crippen LogP contribution in [-0.4, -0.2) is 29.2 Å². The zero-order valence-electron chi connectivity index (χ0n) is 16.9. The van der Waals surface area contributed by atoms with Crippen molar-refractivity contribution < 1.29 is 27.8 Å². The van der Waals surface area contributed by atoms with E-state index in [0.717, 1.165) is 16.7 Å². The number of carbonyl (C=O) groups is 2. The normalized spacial score (nSPS) is 11.7. The Morgan fingerprint density at radius 1 is 1.13 bits per heavy atom. The maximum Gasteiger partial charge on any atom is 0.347 e. The van der Waals surface area contributed by atoms with E-state index in [2.05, 4.69) is 5.32 Å². The zero-order valence-corrected chi connectivity index (χ0v) is 16.9. The molecule has 0 bridgehead atoms. The van der Waals surface area contributed by atoms with Crippen LogP contribution in [0.25, 0.3) is 10.8 Å². The van der Waals surface area contributed by atoms with Gasteiger partial charge in [0.15, 0.2) is 6.10 Å². The Kier molecular flexibility index (Phi) is 6.64. The van der Waals surface area contributed by atoms with Gasteiger partial charge in [-0.1, -0.05) is 6.07 Å². The molecule has 0 fully saturated rings. The van der Waals surface area contributed by atoms with Crippen LogP contribution in [0.4, 0.5) is 14.5 Å². The Hall–Kier alpha value is -3.75. The van der Waals surface area contributed by atoms with Gasteiger partial charge in [-0.15, -0.1) is 0 Å². The molecule has 0 aliphatic carbocycles. The summed E-state index contributed by atoms with van der Waals surface area (Å²) in [6.07, 6.45) is 0.525. The molecule has 2 aromatic carbocycles. The van der Waals surface area contributed by atoms with Crippen molar-refractivity contribution in [2.24, 2.45) is 0 Å². The summed E-state index contributed by atoms with van der Waals surface area (Å²) in [7, 11) is 0. The lowest BCUT2D eigenvalue weighted by Gasteiger charge is -2.15. The Morgan fingerprint density at radius 3 is 2.61 bits per heavy atom. The van der Waals surface area contributed by atoms with E-state index in [1.54, 1.807) is 31.2 Å². The van der Waals surface area contributed by atoms with E-state index in [9.17, 15) is 23.2 Å². The predicted octanol–water partition coefficient (Wildman–Crippen LogP) is 3.25. The van der Waals surface area contributed by atoms with Gasteiger partial charge in [0.05, 0.1) is 17.7 Å². The molecule has 0 aliphatic rings. The number of halogens is 2. The zero-order chi connectivity index (χ0) is 22.5. The van der Waals surface area contributed by atoms with Gasteiger partial charge in [-0.05, 0) is 44.2 Å². The highest BCUT2D eigenvalue weighted by atomic mass is 19.1. The van der Waals surface area contributed by atoms with Crippen LogP contribution in [-0.2, 0) is 20.9 Å². The minimum absolute atomic E-state index is 0.191. The molecule has 0 radical (unpaired) electrons. The summed E-state index contributed by atoms with van der Waals surface area (Å²) in [5.74, 6) is -2.55. The summed E-state index contributed by atoms with van der Waals surface area (Å²) in [5, 5.41) is 3.04. The smallest absolute Gasteiger partial charge is 0.347 e. The number of rotatable bonds is 7. The van der Waals surface area contributed by atoms with Crippen molar-refractivity contribution in [3.8, 4) is 5.75 Å². The van der Waals surface area contributed by atoms with Crippen LogP contribution in [0.2, 0.25) is 0 Å². The summed E-state index contributed by atoms with van der Waals surface area (Å²) in [6, 6.07) is 9.11. The third kappa shape index (κ3) is 5.06. The van der Waals surface area contributed by atoms with E-state index in [4.69, 9.17) is 9.47 Å². The molecule has 31 heavy (non-hydrogen) atoms. The number of esters is 1. The minimum atomic E-state index is -0.920. The lowest BCUT2D eigenvalue weighted by atomic mass is 10.1. The second-order valence-electron chi connectivity index (χ2n) is 6.65. The summed E-state index contributed by atoms with van der Waals surface area (Å²) < 4.78 is 38.4. The van der Waals surface area contributed by atoms with Gasteiger partial charge < -0.3 is 19.4 Å². The van der Waals surface area contributed by atoms with Crippen molar-refractivity contribution in [3.05, 3.63) is 70.6 Å². The van der Waals surface area contributed by atoms with Gasteiger partial charge in [-0.3, -0.25) is 9.59 Å². The van der Waals surface area contributed by atoms with E-state index in [-0.39, 0.29) is 24.2 Å². The maximum absolute atomic E-state index is 13.7. The summed E-state index contributed by atoms with van der Waals surface area (Å²) in [6.45, 7) is 3.06. The quantitative estimate of drug-likeness (QED) is 0.582. The molecule has 0 aliphatic heterocycles. The average Bonchev–Trinajstić information content (AvgIpc) is 2.72. The Bertz CT molecular complexity index is 1190. The van der Waals surface area contributed by atoms with Crippen LogP contribution in [0.5, 0.6) is 5.75 Å². The topological polar surface area (TPSA) is 86.6 Å². The standard InChI is InChI=1S/C22H20F2N2O5/c1-3-30-22(29)13(2)31-19-6-4-5-16-15(19)9-10-26(21(16)28)12-20(27)25-18-8-7-14(23)11-17(18)24/h4-11,13H,3,12H2,1-2H3,(H,25,27)/t13-/m0/s1.